The van der Waals surface area contributed by atoms with Crippen molar-refractivity contribution in [3.05, 3.63) is 59.2 Å². The van der Waals surface area contributed by atoms with Crippen LogP contribution in [0.3, 0.4) is 0 Å². The Morgan fingerprint density at radius 3 is 2.31 bits per heavy atom. The van der Waals surface area contributed by atoms with Gasteiger partial charge in [-0.1, -0.05) is 38.1 Å². The standard InChI is InChI=1S/C22H28N4O2S/c1-16-9-17(2)14-26(13-16)15-19-5-3-18(4-6-19)12-25-22-8-7-21(29(24,27)28)10-20(22)11-23/h3-8,10,16-17,25H,9,12-15H2,1-2H3,(H2,24,27,28). The summed E-state index contributed by atoms with van der Waals surface area (Å²) in [6, 6.07) is 14.8. The number of hydrogen-bond acceptors (Lipinski definition) is 5. The first kappa shape index (κ1) is 21.3. The number of rotatable bonds is 6. The summed E-state index contributed by atoms with van der Waals surface area (Å²) in [4.78, 5) is 2.46. The Bertz CT molecular complexity index is 986. The van der Waals surface area contributed by atoms with E-state index in [0.717, 1.165) is 37.0 Å². The summed E-state index contributed by atoms with van der Waals surface area (Å²) in [5.74, 6) is 1.49. The Hall–Kier alpha value is -2.40. The van der Waals surface area contributed by atoms with Gasteiger partial charge in [-0.3, -0.25) is 4.90 Å². The van der Waals surface area contributed by atoms with E-state index < -0.39 is 10.0 Å². The number of nitrogens with zero attached hydrogens (tertiary/aromatic N) is 2. The predicted molar refractivity (Wildman–Crippen MR) is 115 cm³/mol. The van der Waals surface area contributed by atoms with Gasteiger partial charge in [0, 0.05) is 26.2 Å². The number of likely N-dealkylation sites (tertiary alicyclic amines) is 1. The predicted octanol–water partition coefficient (Wildman–Crippen LogP) is 3.30. The Morgan fingerprint density at radius 2 is 1.72 bits per heavy atom. The van der Waals surface area contributed by atoms with E-state index in [-0.39, 0.29) is 10.5 Å². The third kappa shape index (κ3) is 5.80. The van der Waals surface area contributed by atoms with Crippen LogP contribution in [0, 0.1) is 23.2 Å². The Balaban J connectivity index is 1.61. The molecule has 1 fully saturated rings. The molecule has 0 spiro atoms. The Morgan fingerprint density at radius 1 is 1.10 bits per heavy atom. The molecule has 0 saturated carbocycles. The summed E-state index contributed by atoms with van der Waals surface area (Å²) in [7, 11) is -3.83. The van der Waals surface area contributed by atoms with Gasteiger partial charge in [0.25, 0.3) is 0 Å². The summed E-state index contributed by atoms with van der Waals surface area (Å²) < 4.78 is 22.9. The van der Waals surface area contributed by atoms with Gasteiger partial charge in [-0.05, 0) is 47.6 Å². The van der Waals surface area contributed by atoms with Crippen LogP contribution in [-0.2, 0) is 23.1 Å². The summed E-state index contributed by atoms with van der Waals surface area (Å²) in [6.45, 7) is 8.46. The van der Waals surface area contributed by atoms with E-state index in [2.05, 4.69) is 48.3 Å². The maximum atomic E-state index is 11.4. The molecule has 1 aliphatic rings. The number of hydrogen-bond donors (Lipinski definition) is 2. The molecule has 154 valence electrons. The highest BCUT2D eigenvalue weighted by molar-refractivity contribution is 7.89. The van der Waals surface area contributed by atoms with E-state index in [1.165, 1.54) is 24.1 Å². The van der Waals surface area contributed by atoms with Crippen LogP contribution in [0.4, 0.5) is 5.69 Å². The van der Waals surface area contributed by atoms with E-state index in [9.17, 15) is 13.7 Å². The van der Waals surface area contributed by atoms with Crippen LogP contribution in [0.25, 0.3) is 0 Å². The first-order valence-corrected chi connectivity index (χ1v) is 11.4. The van der Waals surface area contributed by atoms with Gasteiger partial charge in [0.15, 0.2) is 0 Å². The second-order valence-electron chi connectivity index (χ2n) is 8.17. The van der Waals surface area contributed by atoms with Crippen LogP contribution in [0.2, 0.25) is 0 Å². The minimum atomic E-state index is -3.83. The number of primary sulfonamides is 1. The maximum absolute atomic E-state index is 11.4. The molecule has 2 aromatic carbocycles. The zero-order valence-electron chi connectivity index (χ0n) is 16.9. The molecule has 0 aliphatic carbocycles. The van der Waals surface area contributed by atoms with Gasteiger partial charge in [-0.15, -0.1) is 0 Å². The average Bonchev–Trinajstić information content (AvgIpc) is 2.65. The number of nitrogens with two attached hydrogens (primary N) is 1. The van der Waals surface area contributed by atoms with E-state index in [1.807, 2.05) is 6.07 Å². The van der Waals surface area contributed by atoms with E-state index in [4.69, 9.17) is 5.14 Å². The molecule has 0 aromatic heterocycles. The second-order valence-corrected chi connectivity index (χ2v) is 9.74. The van der Waals surface area contributed by atoms with Crippen LogP contribution >= 0.6 is 0 Å². The van der Waals surface area contributed by atoms with Crippen LogP contribution < -0.4 is 10.5 Å². The maximum Gasteiger partial charge on any atom is 0.238 e. The molecule has 2 unspecified atom stereocenters. The van der Waals surface area contributed by atoms with Gasteiger partial charge < -0.3 is 5.32 Å². The average molecular weight is 413 g/mol. The summed E-state index contributed by atoms with van der Waals surface area (Å²) in [5, 5.41) is 17.6. The molecule has 1 heterocycles. The molecule has 0 radical (unpaired) electrons. The van der Waals surface area contributed by atoms with Crippen molar-refractivity contribution in [3.8, 4) is 6.07 Å². The van der Waals surface area contributed by atoms with Gasteiger partial charge in [0.2, 0.25) is 10.0 Å². The minimum absolute atomic E-state index is 0.0645. The molecule has 1 saturated heterocycles. The molecule has 3 rings (SSSR count). The van der Waals surface area contributed by atoms with Crippen molar-refractivity contribution in [1.29, 1.82) is 5.26 Å². The minimum Gasteiger partial charge on any atom is -0.380 e. The van der Waals surface area contributed by atoms with Crippen molar-refractivity contribution in [3.63, 3.8) is 0 Å². The zero-order valence-corrected chi connectivity index (χ0v) is 17.7. The van der Waals surface area contributed by atoms with Crippen molar-refractivity contribution in [1.82, 2.24) is 4.90 Å². The normalized spacial score (nSPS) is 20.2. The molecule has 1 aliphatic heterocycles. The molecule has 29 heavy (non-hydrogen) atoms. The monoisotopic (exact) mass is 412 g/mol. The first-order valence-electron chi connectivity index (χ1n) is 9.85. The lowest BCUT2D eigenvalue weighted by atomic mass is 9.91. The van der Waals surface area contributed by atoms with E-state index in [1.54, 1.807) is 6.07 Å². The molecule has 3 N–H and O–H groups in total. The number of benzene rings is 2. The molecule has 2 aromatic rings. The zero-order chi connectivity index (χ0) is 21.0. The summed E-state index contributed by atoms with van der Waals surface area (Å²) in [6.07, 6.45) is 1.31. The van der Waals surface area contributed by atoms with Crippen molar-refractivity contribution in [2.24, 2.45) is 17.0 Å². The van der Waals surface area contributed by atoms with Gasteiger partial charge in [0.1, 0.15) is 6.07 Å². The molecule has 7 heteroatoms. The largest absolute Gasteiger partial charge is 0.380 e. The highest BCUT2D eigenvalue weighted by Crippen LogP contribution is 2.23. The molecular weight excluding hydrogens is 384 g/mol. The van der Waals surface area contributed by atoms with Gasteiger partial charge in [-0.2, -0.15) is 5.26 Å². The van der Waals surface area contributed by atoms with Crippen molar-refractivity contribution < 1.29 is 8.42 Å². The third-order valence-electron chi connectivity index (χ3n) is 5.30. The van der Waals surface area contributed by atoms with E-state index in [0.29, 0.717) is 12.2 Å². The highest BCUT2D eigenvalue weighted by atomic mass is 32.2. The van der Waals surface area contributed by atoms with Crippen molar-refractivity contribution in [2.45, 2.75) is 38.3 Å². The van der Waals surface area contributed by atoms with Crippen LogP contribution in [0.5, 0.6) is 0 Å². The van der Waals surface area contributed by atoms with E-state index >= 15 is 0 Å². The Kier molecular flexibility index (Phi) is 6.58. The SMILES string of the molecule is CC1CC(C)CN(Cc2ccc(CNc3ccc(S(N)(=O)=O)cc3C#N)cc2)C1. The Labute approximate surface area is 173 Å². The smallest absolute Gasteiger partial charge is 0.238 e. The fraction of sp³-hybridized carbons (Fsp3) is 0.409. The van der Waals surface area contributed by atoms with Crippen LogP contribution in [0.15, 0.2) is 47.4 Å². The first-order chi connectivity index (χ1) is 13.7. The molecule has 0 bridgehead atoms. The lowest BCUT2D eigenvalue weighted by molar-refractivity contribution is 0.134. The van der Waals surface area contributed by atoms with Gasteiger partial charge >= 0.3 is 0 Å². The fourth-order valence-electron chi connectivity index (χ4n) is 4.09. The summed E-state index contributed by atoms with van der Waals surface area (Å²) >= 11 is 0. The number of sulfonamides is 1. The van der Waals surface area contributed by atoms with Crippen molar-refractivity contribution >= 4 is 15.7 Å². The number of anilines is 1. The fourth-order valence-corrected chi connectivity index (χ4v) is 4.63. The quantitative estimate of drug-likeness (QED) is 0.758. The number of nitriles is 1. The van der Waals surface area contributed by atoms with Gasteiger partial charge in [0.05, 0.1) is 16.1 Å². The molecule has 6 nitrogen and oxygen atoms in total. The number of piperidine rings is 1. The summed E-state index contributed by atoms with van der Waals surface area (Å²) in [5.41, 5.74) is 3.22. The van der Waals surface area contributed by atoms with Crippen LogP contribution in [0.1, 0.15) is 37.0 Å². The lowest BCUT2D eigenvalue weighted by Gasteiger charge is -2.35. The van der Waals surface area contributed by atoms with Crippen molar-refractivity contribution in [2.75, 3.05) is 18.4 Å². The second kappa shape index (κ2) is 8.95. The number of nitrogens with one attached hydrogen (secondary N) is 1. The topological polar surface area (TPSA) is 99.2 Å². The van der Waals surface area contributed by atoms with Gasteiger partial charge in [-0.25, -0.2) is 13.6 Å². The molecule has 2 atom stereocenters. The third-order valence-corrected chi connectivity index (χ3v) is 6.21. The molecule has 0 amide bonds. The molecular formula is C22H28N4O2S. The van der Waals surface area contributed by atoms with Crippen LogP contribution in [-0.4, -0.2) is 26.4 Å². The highest BCUT2D eigenvalue weighted by Gasteiger charge is 2.21. The lowest BCUT2D eigenvalue weighted by Crippen LogP contribution is -2.38.